The molecule has 1 aliphatic rings. The Balaban J connectivity index is 2.63. The highest BCUT2D eigenvalue weighted by Gasteiger charge is 2.42. The summed E-state index contributed by atoms with van der Waals surface area (Å²) in [4.78, 5) is 23.5. The molecule has 0 aromatic heterocycles. The third-order valence-corrected chi connectivity index (χ3v) is 2.50. The van der Waals surface area contributed by atoms with E-state index in [4.69, 9.17) is 9.84 Å². The average molecular weight is 245 g/mol. The van der Waals surface area contributed by atoms with E-state index in [9.17, 15) is 14.7 Å². The van der Waals surface area contributed by atoms with Crippen LogP contribution in [0.4, 0.5) is 4.79 Å². The molecule has 0 spiro atoms. The molecular formula is C11H19NO5. The Labute approximate surface area is 100 Å². The first kappa shape index (κ1) is 13.8. The topological polar surface area (TPSA) is 87.1 Å². The predicted octanol–water partition coefficient (Wildman–Crippen LogP) is 0.689. The highest BCUT2D eigenvalue weighted by molar-refractivity contribution is 5.82. The van der Waals surface area contributed by atoms with Crippen molar-refractivity contribution in [1.82, 2.24) is 4.90 Å². The SMILES string of the molecule is CC(C)(C)COC(=O)[C@@H]1[C@@H](O)CCN1C(=O)O. The number of aliphatic hydroxyl groups is 1. The van der Waals surface area contributed by atoms with E-state index in [1.807, 2.05) is 20.8 Å². The Hall–Kier alpha value is -1.30. The minimum atomic E-state index is -1.21. The summed E-state index contributed by atoms with van der Waals surface area (Å²) >= 11 is 0. The molecule has 0 aliphatic carbocycles. The summed E-state index contributed by atoms with van der Waals surface area (Å²) in [5.74, 6) is -0.674. The zero-order valence-corrected chi connectivity index (χ0v) is 10.3. The molecule has 0 unspecified atom stereocenters. The van der Waals surface area contributed by atoms with Crippen LogP contribution in [-0.4, -0.2) is 52.5 Å². The summed E-state index contributed by atoms with van der Waals surface area (Å²) in [6.07, 6.45) is -1.92. The number of carbonyl (C=O) groups excluding carboxylic acids is 1. The third kappa shape index (κ3) is 3.59. The molecule has 0 aromatic rings. The van der Waals surface area contributed by atoms with E-state index in [2.05, 4.69) is 0 Å². The molecule has 6 heteroatoms. The van der Waals surface area contributed by atoms with Gasteiger partial charge in [-0.1, -0.05) is 20.8 Å². The van der Waals surface area contributed by atoms with Crippen LogP contribution in [-0.2, 0) is 9.53 Å². The molecule has 6 nitrogen and oxygen atoms in total. The van der Waals surface area contributed by atoms with Crippen LogP contribution in [0.2, 0.25) is 0 Å². The lowest BCUT2D eigenvalue weighted by Crippen LogP contribution is -2.46. The summed E-state index contributed by atoms with van der Waals surface area (Å²) in [7, 11) is 0. The molecule has 1 heterocycles. The number of rotatable bonds is 2. The van der Waals surface area contributed by atoms with E-state index in [0.29, 0.717) is 0 Å². The Morgan fingerprint density at radius 2 is 2.00 bits per heavy atom. The second-order valence-corrected chi connectivity index (χ2v) is 5.45. The van der Waals surface area contributed by atoms with Gasteiger partial charge < -0.3 is 14.9 Å². The minimum Gasteiger partial charge on any atom is -0.465 e. The molecule has 0 radical (unpaired) electrons. The molecule has 0 saturated carbocycles. The van der Waals surface area contributed by atoms with Gasteiger partial charge in [-0.15, -0.1) is 0 Å². The number of aliphatic hydroxyl groups excluding tert-OH is 1. The molecule has 1 aliphatic heterocycles. The van der Waals surface area contributed by atoms with Crippen LogP contribution in [0.25, 0.3) is 0 Å². The number of hydrogen-bond acceptors (Lipinski definition) is 4. The van der Waals surface area contributed by atoms with Crippen molar-refractivity contribution >= 4 is 12.1 Å². The number of esters is 1. The molecule has 0 aromatic carbocycles. The number of amides is 1. The maximum Gasteiger partial charge on any atom is 0.408 e. The number of carbonyl (C=O) groups is 2. The number of hydrogen-bond donors (Lipinski definition) is 2. The standard InChI is InChI=1S/C11H19NO5/c1-11(2,3)6-17-9(14)8-7(13)4-5-12(8)10(15)16/h7-8,13H,4-6H2,1-3H3,(H,15,16)/t7-,8-/m0/s1. The Morgan fingerprint density at radius 3 is 2.47 bits per heavy atom. The Morgan fingerprint density at radius 1 is 1.41 bits per heavy atom. The molecule has 1 amide bonds. The van der Waals surface area contributed by atoms with Gasteiger partial charge in [0.1, 0.15) is 0 Å². The molecule has 98 valence electrons. The van der Waals surface area contributed by atoms with Gasteiger partial charge in [-0.3, -0.25) is 4.90 Å². The Bertz CT molecular complexity index is 309. The fourth-order valence-corrected chi connectivity index (χ4v) is 1.65. The van der Waals surface area contributed by atoms with Crippen molar-refractivity contribution in [2.45, 2.75) is 39.3 Å². The van der Waals surface area contributed by atoms with E-state index in [-0.39, 0.29) is 25.0 Å². The summed E-state index contributed by atoms with van der Waals surface area (Å²) in [5.41, 5.74) is -0.187. The van der Waals surface area contributed by atoms with E-state index < -0.39 is 24.2 Å². The maximum atomic E-state index is 11.7. The van der Waals surface area contributed by atoms with Crippen molar-refractivity contribution in [3.05, 3.63) is 0 Å². The zero-order valence-electron chi connectivity index (χ0n) is 10.3. The van der Waals surface area contributed by atoms with Gasteiger partial charge in [0.2, 0.25) is 0 Å². The van der Waals surface area contributed by atoms with Gasteiger partial charge in [-0.2, -0.15) is 0 Å². The highest BCUT2D eigenvalue weighted by atomic mass is 16.5. The van der Waals surface area contributed by atoms with Gasteiger partial charge in [0.15, 0.2) is 6.04 Å². The van der Waals surface area contributed by atoms with Gasteiger partial charge >= 0.3 is 12.1 Å². The minimum absolute atomic E-state index is 0.159. The van der Waals surface area contributed by atoms with Crippen molar-refractivity contribution in [3.8, 4) is 0 Å². The van der Waals surface area contributed by atoms with Crippen molar-refractivity contribution in [3.63, 3.8) is 0 Å². The molecule has 2 atom stereocenters. The third-order valence-electron chi connectivity index (χ3n) is 2.50. The Kier molecular flexibility index (Phi) is 3.98. The lowest BCUT2D eigenvalue weighted by Gasteiger charge is -2.24. The molecular weight excluding hydrogens is 226 g/mol. The monoisotopic (exact) mass is 245 g/mol. The fourth-order valence-electron chi connectivity index (χ4n) is 1.65. The smallest absolute Gasteiger partial charge is 0.408 e. The van der Waals surface area contributed by atoms with Crippen LogP contribution in [0, 0.1) is 5.41 Å². The summed E-state index contributed by atoms with van der Waals surface area (Å²) < 4.78 is 5.04. The summed E-state index contributed by atoms with van der Waals surface area (Å²) in [6, 6.07) is -1.09. The molecule has 17 heavy (non-hydrogen) atoms. The lowest BCUT2D eigenvalue weighted by atomic mass is 9.99. The van der Waals surface area contributed by atoms with E-state index in [1.54, 1.807) is 0 Å². The van der Waals surface area contributed by atoms with Crippen molar-refractivity contribution in [1.29, 1.82) is 0 Å². The largest absolute Gasteiger partial charge is 0.465 e. The first-order valence-electron chi connectivity index (χ1n) is 5.56. The van der Waals surface area contributed by atoms with Crippen LogP contribution in [0.3, 0.4) is 0 Å². The molecule has 1 saturated heterocycles. The quantitative estimate of drug-likeness (QED) is 0.699. The highest BCUT2D eigenvalue weighted by Crippen LogP contribution is 2.21. The van der Waals surface area contributed by atoms with Crippen molar-refractivity contribution in [2.75, 3.05) is 13.2 Å². The number of carboxylic acid groups (broad SMARTS) is 1. The maximum absolute atomic E-state index is 11.7. The first-order chi connectivity index (χ1) is 7.72. The van der Waals surface area contributed by atoms with Crippen LogP contribution in [0.5, 0.6) is 0 Å². The van der Waals surface area contributed by atoms with Gasteiger partial charge in [0.25, 0.3) is 0 Å². The van der Waals surface area contributed by atoms with Crippen LogP contribution >= 0.6 is 0 Å². The molecule has 0 bridgehead atoms. The average Bonchev–Trinajstić information content (AvgIpc) is 2.55. The van der Waals surface area contributed by atoms with Crippen LogP contribution in [0.15, 0.2) is 0 Å². The van der Waals surface area contributed by atoms with Crippen molar-refractivity contribution in [2.24, 2.45) is 5.41 Å². The first-order valence-corrected chi connectivity index (χ1v) is 5.56. The van der Waals surface area contributed by atoms with Crippen LogP contribution < -0.4 is 0 Å². The second-order valence-electron chi connectivity index (χ2n) is 5.45. The van der Waals surface area contributed by atoms with E-state index in [0.717, 1.165) is 4.90 Å². The zero-order chi connectivity index (χ0) is 13.2. The number of ether oxygens (including phenoxy) is 1. The lowest BCUT2D eigenvalue weighted by molar-refractivity contribution is -0.153. The number of nitrogens with zero attached hydrogens (tertiary/aromatic N) is 1. The van der Waals surface area contributed by atoms with Gasteiger partial charge in [0, 0.05) is 6.54 Å². The van der Waals surface area contributed by atoms with Gasteiger partial charge in [-0.25, -0.2) is 9.59 Å². The number of likely N-dealkylation sites (tertiary alicyclic amines) is 1. The van der Waals surface area contributed by atoms with Crippen molar-refractivity contribution < 1.29 is 24.5 Å². The fraction of sp³-hybridized carbons (Fsp3) is 0.818. The molecule has 1 fully saturated rings. The van der Waals surface area contributed by atoms with Gasteiger partial charge in [-0.05, 0) is 11.8 Å². The summed E-state index contributed by atoms with van der Waals surface area (Å²) in [5, 5.41) is 18.5. The van der Waals surface area contributed by atoms with Crippen LogP contribution in [0.1, 0.15) is 27.2 Å². The second kappa shape index (κ2) is 4.91. The van der Waals surface area contributed by atoms with E-state index >= 15 is 0 Å². The normalized spacial score (nSPS) is 24.8. The summed E-state index contributed by atoms with van der Waals surface area (Å²) in [6.45, 7) is 6.06. The molecule has 1 rings (SSSR count). The van der Waals surface area contributed by atoms with E-state index in [1.165, 1.54) is 0 Å². The predicted molar refractivity (Wildman–Crippen MR) is 59.6 cm³/mol. The molecule has 2 N–H and O–H groups in total. The van der Waals surface area contributed by atoms with Gasteiger partial charge in [0.05, 0.1) is 12.7 Å².